The van der Waals surface area contributed by atoms with Gasteiger partial charge in [0.2, 0.25) is 0 Å². The number of nitrogens with one attached hydrogen (secondary N) is 1. The lowest BCUT2D eigenvalue weighted by molar-refractivity contribution is 0.263. The Morgan fingerprint density at radius 2 is 1.81 bits per heavy atom. The quantitative estimate of drug-likeness (QED) is 0.718. The van der Waals surface area contributed by atoms with E-state index in [0.717, 1.165) is 12.5 Å². The van der Waals surface area contributed by atoms with Gasteiger partial charge in [-0.05, 0) is 25.9 Å². The minimum Gasteiger partial charge on any atom is -0.313 e. The highest BCUT2D eigenvalue weighted by atomic mass is 15.1. The van der Waals surface area contributed by atoms with Crippen molar-refractivity contribution in [2.45, 2.75) is 58.4 Å². The van der Waals surface area contributed by atoms with E-state index in [0.29, 0.717) is 6.04 Å². The van der Waals surface area contributed by atoms with Crippen LogP contribution >= 0.6 is 0 Å². The van der Waals surface area contributed by atoms with Crippen LogP contribution < -0.4 is 5.32 Å². The van der Waals surface area contributed by atoms with E-state index in [4.69, 9.17) is 0 Å². The molecule has 1 aliphatic rings. The highest BCUT2D eigenvalue weighted by Gasteiger charge is 2.13. The van der Waals surface area contributed by atoms with Crippen molar-refractivity contribution in [3.8, 4) is 0 Å². The number of nitrogens with zero attached hydrogens (tertiary/aromatic N) is 1. The summed E-state index contributed by atoms with van der Waals surface area (Å²) < 4.78 is 0. The smallest absolute Gasteiger partial charge is 0.0104 e. The molecule has 0 aromatic rings. The van der Waals surface area contributed by atoms with Gasteiger partial charge in [-0.3, -0.25) is 0 Å². The molecule has 2 heteroatoms. The summed E-state index contributed by atoms with van der Waals surface area (Å²) in [6.07, 6.45) is 8.81. The van der Waals surface area contributed by atoms with Crippen LogP contribution in [0, 0.1) is 5.92 Å². The first-order chi connectivity index (χ1) is 7.68. The van der Waals surface area contributed by atoms with Gasteiger partial charge >= 0.3 is 0 Å². The van der Waals surface area contributed by atoms with Crippen LogP contribution in [0.4, 0.5) is 0 Å². The lowest BCUT2D eigenvalue weighted by atomic mass is 9.87. The Bertz CT molecular complexity index is 162. The van der Waals surface area contributed by atoms with E-state index >= 15 is 0 Å². The van der Waals surface area contributed by atoms with Gasteiger partial charge in [0.05, 0.1) is 0 Å². The topological polar surface area (TPSA) is 15.3 Å². The van der Waals surface area contributed by atoms with Crippen LogP contribution in [-0.2, 0) is 0 Å². The maximum atomic E-state index is 3.47. The minimum atomic E-state index is 0.617. The van der Waals surface area contributed by atoms with Crippen LogP contribution in [0.5, 0.6) is 0 Å². The third-order valence-electron chi connectivity index (χ3n) is 3.69. The molecule has 0 atom stereocenters. The molecule has 0 amide bonds. The molecule has 1 aliphatic carbocycles. The average molecular weight is 226 g/mol. The van der Waals surface area contributed by atoms with Crippen molar-refractivity contribution in [1.82, 2.24) is 10.2 Å². The first-order valence-corrected chi connectivity index (χ1v) is 7.10. The Morgan fingerprint density at radius 1 is 1.12 bits per heavy atom. The number of likely N-dealkylation sites (N-methyl/N-ethyl adjacent to an activating group) is 1. The predicted molar refractivity (Wildman–Crippen MR) is 71.8 cm³/mol. The van der Waals surface area contributed by atoms with E-state index in [1.54, 1.807) is 0 Å². The van der Waals surface area contributed by atoms with Gasteiger partial charge in [0.1, 0.15) is 0 Å². The highest BCUT2D eigenvalue weighted by molar-refractivity contribution is 4.67. The predicted octanol–water partition coefficient (Wildman–Crippen LogP) is 2.89. The fourth-order valence-electron chi connectivity index (χ4n) is 2.53. The molecular weight excluding hydrogens is 196 g/mol. The summed E-state index contributed by atoms with van der Waals surface area (Å²) in [5.74, 6) is 1.02. The summed E-state index contributed by atoms with van der Waals surface area (Å²) in [4.78, 5) is 2.48. The molecule has 1 saturated carbocycles. The first-order valence-electron chi connectivity index (χ1n) is 7.10. The average Bonchev–Trinajstić information content (AvgIpc) is 2.27. The Balaban J connectivity index is 1.98. The minimum absolute atomic E-state index is 0.617. The van der Waals surface area contributed by atoms with Crippen LogP contribution in [0.3, 0.4) is 0 Å². The third-order valence-corrected chi connectivity index (χ3v) is 3.69. The maximum absolute atomic E-state index is 3.47. The van der Waals surface area contributed by atoms with Crippen LogP contribution in [0.2, 0.25) is 0 Å². The largest absolute Gasteiger partial charge is 0.313 e. The van der Waals surface area contributed by atoms with Crippen LogP contribution in [0.15, 0.2) is 0 Å². The van der Waals surface area contributed by atoms with Gasteiger partial charge in [-0.25, -0.2) is 0 Å². The molecule has 0 radical (unpaired) electrons. The molecule has 0 unspecified atom stereocenters. The normalized spacial score (nSPS) is 18.6. The van der Waals surface area contributed by atoms with Crippen LogP contribution in [-0.4, -0.2) is 37.6 Å². The highest BCUT2D eigenvalue weighted by Crippen LogP contribution is 2.26. The summed E-state index contributed by atoms with van der Waals surface area (Å²) in [6, 6.07) is 0.617. The molecule has 1 fully saturated rings. The molecule has 16 heavy (non-hydrogen) atoms. The van der Waals surface area contributed by atoms with Gasteiger partial charge in [-0.2, -0.15) is 0 Å². The molecule has 0 aliphatic heterocycles. The van der Waals surface area contributed by atoms with Crippen molar-refractivity contribution in [3.05, 3.63) is 0 Å². The van der Waals surface area contributed by atoms with Crippen molar-refractivity contribution in [1.29, 1.82) is 0 Å². The second-order valence-electron chi connectivity index (χ2n) is 5.70. The van der Waals surface area contributed by atoms with Crippen molar-refractivity contribution in [2.75, 3.05) is 26.7 Å². The van der Waals surface area contributed by atoms with E-state index < -0.39 is 0 Å². The number of hydrogen-bond donors (Lipinski definition) is 1. The van der Waals surface area contributed by atoms with E-state index in [2.05, 4.69) is 31.1 Å². The molecule has 0 aromatic heterocycles. The Morgan fingerprint density at radius 3 is 2.44 bits per heavy atom. The zero-order chi connectivity index (χ0) is 11.8. The van der Waals surface area contributed by atoms with E-state index in [1.165, 1.54) is 51.6 Å². The second kappa shape index (κ2) is 8.08. The van der Waals surface area contributed by atoms with Gasteiger partial charge in [0.25, 0.3) is 0 Å². The van der Waals surface area contributed by atoms with E-state index in [9.17, 15) is 0 Å². The standard InChI is InChI=1S/C14H30N2/c1-13(2)15-10-12-16(3)11-9-14-7-5-4-6-8-14/h13-15H,4-12H2,1-3H3. The first kappa shape index (κ1) is 14.0. The molecule has 1 rings (SSSR count). The molecule has 0 saturated heterocycles. The molecule has 96 valence electrons. The lowest BCUT2D eigenvalue weighted by Crippen LogP contribution is -2.33. The second-order valence-corrected chi connectivity index (χ2v) is 5.70. The lowest BCUT2D eigenvalue weighted by Gasteiger charge is -2.24. The summed E-state index contributed by atoms with van der Waals surface area (Å²) >= 11 is 0. The molecule has 0 bridgehead atoms. The molecule has 0 heterocycles. The van der Waals surface area contributed by atoms with Gasteiger partial charge in [0, 0.05) is 19.1 Å². The van der Waals surface area contributed by atoms with Crippen molar-refractivity contribution >= 4 is 0 Å². The van der Waals surface area contributed by atoms with Crippen molar-refractivity contribution < 1.29 is 0 Å². The maximum Gasteiger partial charge on any atom is 0.0104 e. The van der Waals surface area contributed by atoms with Crippen molar-refractivity contribution in [3.63, 3.8) is 0 Å². The molecule has 2 nitrogen and oxygen atoms in total. The number of hydrogen-bond acceptors (Lipinski definition) is 2. The SMILES string of the molecule is CC(C)NCCN(C)CCC1CCCCC1. The summed E-state index contributed by atoms with van der Waals surface area (Å²) in [5.41, 5.74) is 0. The third kappa shape index (κ3) is 6.49. The number of rotatable bonds is 7. The fraction of sp³-hybridized carbons (Fsp3) is 1.00. The molecule has 0 aromatic carbocycles. The van der Waals surface area contributed by atoms with Gasteiger partial charge in [-0.15, -0.1) is 0 Å². The van der Waals surface area contributed by atoms with Gasteiger partial charge in [0.15, 0.2) is 0 Å². The Kier molecular flexibility index (Phi) is 7.06. The summed E-state index contributed by atoms with van der Waals surface area (Å²) in [7, 11) is 2.25. The molecule has 1 N–H and O–H groups in total. The van der Waals surface area contributed by atoms with Crippen molar-refractivity contribution in [2.24, 2.45) is 5.92 Å². The molecule has 0 spiro atoms. The summed E-state index contributed by atoms with van der Waals surface area (Å²) in [6.45, 7) is 8.01. The zero-order valence-electron chi connectivity index (χ0n) is 11.5. The summed E-state index contributed by atoms with van der Waals surface area (Å²) in [5, 5.41) is 3.47. The van der Waals surface area contributed by atoms with Crippen LogP contribution in [0.1, 0.15) is 52.4 Å². The van der Waals surface area contributed by atoms with E-state index in [-0.39, 0.29) is 0 Å². The molecular formula is C14H30N2. The monoisotopic (exact) mass is 226 g/mol. The Hall–Kier alpha value is -0.0800. The zero-order valence-corrected chi connectivity index (χ0v) is 11.5. The van der Waals surface area contributed by atoms with Crippen LogP contribution in [0.25, 0.3) is 0 Å². The van der Waals surface area contributed by atoms with E-state index in [1.807, 2.05) is 0 Å². The van der Waals surface area contributed by atoms with Gasteiger partial charge in [-0.1, -0.05) is 46.0 Å². The fourth-order valence-corrected chi connectivity index (χ4v) is 2.53. The van der Waals surface area contributed by atoms with Gasteiger partial charge < -0.3 is 10.2 Å². The Labute approximate surface area is 102 Å².